The number of rotatable bonds is 41. The van der Waals surface area contributed by atoms with Crippen molar-refractivity contribution < 1.29 is 28.6 Å². The quantitative estimate of drug-likeness (QED) is 0.0267. The van der Waals surface area contributed by atoms with E-state index in [0.29, 0.717) is 19.3 Å². The van der Waals surface area contributed by atoms with Gasteiger partial charge >= 0.3 is 17.9 Å². The highest BCUT2D eigenvalue weighted by atomic mass is 16.6. The first-order valence-corrected chi connectivity index (χ1v) is 23.0. The second kappa shape index (κ2) is 43.4. The van der Waals surface area contributed by atoms with Crippen LogP contribution in [-0.4, -0.2) is 37.2 Å². The Kier molecular flexibility index (Phi) is 41.5. The number of allylic oxidation sites excluding steroid dienone is 6. The SMILES string of the molecule is CCCC/C=C\C/C=C\CCCCCCCC(=O)OC(COC(=O)CCCCCCCC)COC(=O)CCCCCCC/C=C\CCCCCCCCC. The van der Waals surface area contributed by atoms with Crippen molar-refractivity contribution in [1.29, 1.82) is 0 Å². The van der Waals surface area contributed by atoms with Crippen molar-refractivity contribution in [2.75, 3.05) is 13.2 Å². The first kappa shape index (κ1) is 51.6. The summed E-state index contributed by atoms with van der Waals surface area (Å²) in [5, 5.41) is 0. The molecule has 0 aromatic rings. The minimum atomic E-state index is -0.776. The van der Waals surface area contributed by atoms with Gasteiger partial charge in [0.2, 0.25) is 0 Å². The Morgan fingerprint density at radius 3 is 1.09 bits per heavy atom. The molecule has 0 aliphatic carbocycles. The van der Waals surface area contributed by atoms with Crippen molar-refractivity contribution >= 4 is 17.9 Å². The van der Waals surface area contributed by atoms with E-state index in [9.17, 15) is 14.4 Å². The lowest BCUT2D eigenvalue weighted by Crippen LogP contribution is -2.30. The molecule has 1 atom stereocenters. The van der Waals surface area contributed by atoms with Gasteiger partial charge < -0.3 is 14.2 Å². The first-order valence-electron chi connectivity index (χ1n) is 23.0. The number of esters is 3. The lowest BCUT2D eigenvalue weighted by Gasteiger charge is -2.18. The van der Waals surface area contributed by atoms with Gasteiger partial charge in [0.25, 0.3) is 0 Å². The second-order valence-electron chi connectivity index (χ2n) is 15.3. The minimum Gasteiger partial charge on any atom is -0.462 e. The van der Waals surface area contributed by atoms with E-state index < -0.39 is 6.10 Å². The maximum absolute atomic E-state index is 12.7. The third-order valence-corrected chi connectivity index (χ3v) is 9.87. The molecule has 0 spiro atoms. The molecule has 0 aromatic carbocycles. The van der Waals surface area contributed by atoms with Gasteiger partial charge in [-0.25, -0.2) is 0 Å². The zero-order valence-corrected chi connectivity index (χ0v) is 35.7. The largest absolute Gasteiger partial charge is 0.462 e. The van der Waals surface area contributed by atoms with Crippen molar-refractivity contribution in [1.82, 2.24) is 0 Å². The van der Waals surface area contributed by atoms with Crippen LogP contribution in [0.5, 0.6) is 0 Å². The van der Waals surface area contributed by atoms with E-state index in [1.54, 1.807) is 0 Å². The van der Waals surface area contributed by atoms with Gasteiger partial charge in [-0.2, -0.15) is 0 Å². The molecule has 0 saturated heterocycles. The summed E-state index contributed by atoms with van der Waals surface area (Å²) < 4.78 is 16.6. The minimum absolute atomic E-state index is 0.0801. The Bertz CT molecular complexity index is 922. The third kappa shape index (κ3) is 40.8. The maximum Gasteiger partial charge on any atom is 0.306 e. The van der Waals surface area contributed by atoms with Gasteiger partial charge in [-0.15, -0.1) is 0 Å². The monoisotopic (exact) mass is 759 g/mol. The Balaban J connectivity index is 4.29. The maximum atomic E-state index is 12.7. The predicted octanol–water partition coefficient (Wildman–Crippen LogP) is 14.6. The van der Waals surface area contributed by atoms with Gasteiger partial charge in [0.05, 0.1) is 0 Å². The van der Waals surface area contributed by atoms with Crippen molar-refractivity contribution in [3.8, 4) is 0 Å². The van der Waals surface area contributed by atoms with Crippen molar-refractivity contribution in [3.05, 3.63) is 36.5 Å². The van der Waals surface area contributed by atoms with Crippen molar-refractivity contribution in [3.63, 3.8) is 0 Å². The molecule has 1 unspecified atom stereocenters. The molecule has 0 rings (SSSR count). The molecule has 6 heteroatoms. The Morgan fingerprint density at radius 2 is 0.685 bits per heavy atom. The van der Waals surface area contributed by atoms with Crippen LogP contribution in [0, 0.1) is 0 Å². The molecule has 6 nitrogen and oxygen atoms in total. The summed E-state index contributed by atoms with van der Waals surface area (Å²) in [5.41, 5.74) is 0. The fraction of sp³-hybridized carbons (Fsp3) is 0.812. The van der Waals surface area contributed by atoms with Crippen LogP contribution >= 0.6 is 0 Å². The van der Waals surface area contributed by atoms with E-state index in [1.807, 2.05) is 0 Å². The second-order valence-corrected chi connectivity index (χ2v) is 15.3. The Morgan fingerprint density at radius 1 is 0.370 bits per heavy atom. The van der Waals surface area contributed by atoms with Gasteiger partial charge in [-0.3, -0.25) is 14.4 Å². The van der Waals surface area contributed by atoms with Crippen molar-refractivity contribution in [2.45, 2.75) is 239 Å². The normalized spacial score (nSPS) is 12.3. The molecule has 0 aromatic heterocycles. The van der Waals surface area contributed by atoms with Gasteiger partial charge in [0, 0.05) is 19.3 Å². The van der Waals surface area contributed by atoms with Crippen LogP contribution in [0.15, 0.2) is 36.5 Å². The van der Waals surface area contributed by atoms with Gasteiger partial charge in [0.1, 0.15) is 13.2 Å². The van der Waals surface area contributed by atoms with E-state index in [1.165, 1.54) is 103 Å². The molecule has 0 amide bonds. The molecule has 0 radical (unpaired) electrons. The number of carbonyl (C=O) groups is 3. The van der Waals surface area contributed by atoms with Crippen LogP contribution in [0.3, 0.4) is 0 Å². The molecule has 314 valence electrons. The fourth-order valence-electron chi connectivity index (χ4n) is 6.33. The van der Waals surface area contributed by atoms with E-state index >= 15 is 0 Å². The molecule has 54 heavy (non-hydrogen) atoms. The smallest absolute Gasteiger partial charge is 0.306 e. The number of hydrogen-bond acceptors (Lipinski definition) is 6. The topological polar surface area (TPSA) is 78.9 Å². The molecule has 0 aliphatic heterocycles. The molecular formula is C48H86O6. The Hall–Kier alpha value is -2.37. The molecule has 0 saturated carbocycles. The molecule has 0 aliphatic rings. The number of hydrogen-bond donors (Lipinski definition) is 0. The van der Waals surface area contributed by atoms with Crippen LogP contribution in [0.25, 0.3) is 0 Å². The molecule has 0 fully saturated rings. The molecule has 0 N–H and O–H groups in total. The van der Waals surface area contributed by atoms with Crippen LogP contribution in [-0.2, 0) is 28.6 Å². The standard InChI is InChI=1S/C48H86O6/c1-4-7-10-13-16-18-20-22-24-25-27-28-30-32-35-38-41-47(50)53-44-45(43-52-46(49)40-37-34-15-12-9-6-3)54-48(51)42-39-36-33-31-29-26-23-21-19-17-14-11-8-5-2/h14,17,21,23-25,45H,4-13,15-16,18-20,22,26-44H2,1-3H3/b17-14-,23-21-,25-24-. The Labute approximate surface area is 334 Å². The van der Waals surface area contributed by atoms with Gasteiger partial charge in [-0.1, -0.05) is 179 Å². The summed E-state index contributed by atoms with van der Waals surface area (Å²) in [6.45, 7) is 6.51. The lowest BCUT2D eigenvalue weighted by atomic mass is 10.1. The van der Waals surface area contributed by atoms with Crippen LogP contribution in [0.2, 0.25) is 0 Å². The summed E-state index contributed by atoms with van der Waals surface area (Å²) in [7, 11) is 0. The number of ether oxygens (including phenoxy) is 3. The molecule has 0 bridgehead atoms. The zero-order chi connectivity index (χ0) is 39.4. The van der Waals surface area contributed by atoms with E-state index in [-0.39, 0.29) is 31.1 Å². The van der Waals surface area contributed by atoms with Crippen LogP contribution in [0.1, 0.15) is 233 Å². The summed E-state index contributed by atoms with van der Waals surface area (Å²) >= 11 is 0. The highest BCUT2D eigenvalue weighted by molar-refractivity contribution is 5.71. The number of carbonyl (C=O) groups excluding carboxylic acids is 3. The van der Waals surface area contributed by atoms with Crippen LogP contribution < -0.4 is 0 Å². The van der Waals surface area contributed by atoms with Crippen LogP contribution in [0.4, 0.5) is 0 Å². The summed E-state index contributed by atoms with van der Waals surface area (Å²) in [6.07, 6.45) is 48.6. The first-order chi connectivity index (χ1) is 26.5. The average Bonchev–Trinajstić information content (AvgIpc) is 3.17. The van der Waals surface area contributed by atoms with Crippen molar-refractivity contribution in [2.24, 2.45) is 0 Å². The molecule has 0 heterocycles. The van der Waals surface area contributed by atoms with Gasteiger partial charge in [0.15, 0.2) is 6.10 Å². The van der Waals surface area contributed by atoms with Gasteiger partial charge in [-0.05, 0) is 70.6 Å². The lowest BCUT2D eigenvalue weighted by molar-refractivity contribution is -0.167. The van der Waals surface area contributed by atoms with E-state index in [2.05, 4.69) is 57.2 Å². The average molecular weight is 759 g/mol. The summed E-state index contributed by atoms with van der Waals surface area (Å²) in [4.78, 5) is 37.5. The zero-order valence-electron chi connectivity index (χ0n) is 35.7. The van der Waals surface area contributed by atoms with E-state index in [4.69, 9.17) is 14.2 Å². The predicted molar refractivity (Wildman–Crippen MR) is 229 cm³/mol. The van der Waals surface area contributed by atoms with E-state index in [0.717, 1.165) is 89.9 Å². The summed E-state index contributed by atoms with van der Waals surface area (Å²) in [5.74, 6) is -0.911. The number of unbranched alkanes of at least 4 members (excludes halogenated alkanes) is 24. The highest BCUT2D eigenvalue weighted by Gasteiger charge is 2.19. The molecular weight excluding hydrogens is 673 g/mol. The third-order valence-electron chi connectivity index (χ3n) is 9.87. The summed E-state index contributed by atoms with van der Waals surface area (Å²) in [6, 6.07) is 0. The highest BCUT2D eigenvalue weighted by Crippen LogP contribution is 2.13. The fourth-order valence-corrected chi connectivity index (χ4v) is 6.33.